The third kappa shape index (κ3) is 4.50. The van der Waals surface area contributed by atoms with Crippen molar-refractivity contribution < 1.29 is 28.1 Å². The smallest absolute Gasteiger partial charge is 0.231 e. The van der Waals surface area contributed by atoms with Crippen LogP contribution in [0.25, 0.3) is 22.4 Å². The fourth-order valence-corrected chi connectivity index (χ4v) is 4.85. The van der Waals surface area contributed by atoms with Gasteiger partial charge in [-0.25, -0.2) is 4.98 Å². The van der Waals surface area contributed by atoms with E-state index in [0.29, 0.717) is 41.0 Å². The molecule has 10 nitrogen and oxygen atoms in total. The maximum absolute atomic E-state index is 7.72. The molecule has 10 heteroatoms. The summed E-state index contributed by atoms with van der Waals surface area (Å²) in [5.74, 6) is 4.30. The molecule has 0 radical (unpaired) electrons. The van der Waals surface area contributed by atoms with Gasteiger partial charge in [0.2, 0.25) is 6.79 Å². The van der Waals surface area contributed by atoms with Crippen molar-refractivity contribution in [2.45, 2.75) is 25.3 Å². The molecule has 0 amide bonds. The highest BCUT2D eigenvalue weighted by atomic mass is 16.7. The Morgan fingerprint density at radius 1 is 1.16 bits per heavy atom. The molecule has 1 fully saturated rings. The molecule has 0 bridgehead atoms. The van der Waals surface area contributed by atoms with E-state index in [1.54, 1.807) is 13.3 Å². The molecule has 0 saturated carbocycles. The van der Waals surface area contributed by atoms with Crippen LogP contribution in [0.3, 0.4) is 0 Å². The van der Waals surface area contributed by atoms with Gasteiger partial charge in [-0.05, 0) is 31.0 Å². The minimum absolute atomic E-state index is 0.132. The van der Waals surface area contributed by atoms with Crippen molar-refractivity contribution in [2.75, 3.05) is 39.1 Å². The van der Waals surface area contributed by atoms with Crippen molar-refractivity contribution in [1.82, 2.24) is 9.97 Å². The number of aromatic amines is 1. The SMILES string of the molecule is COC(=N)Cc1ncc(-c2cc3c(OC[C@H]4CCCN4c4ccc5c(c4)OCO5)cc(OC)cc3o2)[nH]1. The molecule has 0 unspecified atom stereocenters. The normalized spacial score (nSPS) is 16.4. The summed E-state index contributed by atoms with van der Waals surface area (Å²) < 4.78 is 34.0. The monoisotopic (exact) mass is 504 g/mol. The predicted octanol–water partition coefficient (Wildman–Crippen LogP) is 4.77. The molecule has 1 atom stereocenters. The van der Waals surface area contributed by atoms with E-state index in [9.17, 15) is 0 Å². The van der Waals surface area contributed by atoms with Crippen LogP contribution in [0.4, 0.5) is 5.69 Å². The van der Waals surface area contributed by atoms with Gasteiger partial charge >= 0.3 is 0 Å². The van der Waals surface area contributed by atoms with E-state index in [0.717, 1.165) is 42.0 Å². The van der Waals surface area contributed by atoms with Crippen LogP contribution in [0.1, 0.15) is 18.7 Å². The third-order valence-electron chi connectivity index (χ3n) is 6.77. The number of nitrogens with one attached hydrogen (secondary N) is 2. The minimum atomic E-state index is 0.132. The lowest BCUT2D eigenvalue weighted by Crippen LogP contribution is -2.34. The fraction of sp³-hybridized carbons (Fsp3) is 0.333. The van der Waals surface area contributed by atoms with Crippen LogP contribution in [-0.2, 0) is 11.2 Å². The molecule has 2 aliphatic heterocycles. The van der Waals surface area contributed by atoms with E-state index in [1.807, 2.05) is 30.3 Å². The van der Waals surface area contributed by atoms with Gasteiger partial charge in [0.1, 0.15) is 35.2 Å². The molecule has 37 heavy (non-hydrogen) atoms. The second kappa shape index (κ2) is 9.61. The molecule has 6 rings (SSSR count). The van der Waals surface area contributed by atoms with Crippen molar-refractivity contribution in [2.24, 2.45) is 0 Å². The highest BCUT2D eigenvalue weighted by Gasteiger charge is 2.27. The average Bonchev–Trinajstić information content (AvgIpc) is 3.72. The Balaban J connectivity index is 1.23. The van der Waals surface area contributed by atoms with Crippen molar-refractivity contribution in [3.05, 3.63) is 48.4 Å². The number of methoxy groups -OCH3 is 2. The molecule has 1 saturated heterocycles. The molecule has 2 aromatic heterocycles. The Kier molecular flexibility index (Phi) is 5.99. The van der Waals surface area contributed by atoms with Crippen molar-refractivity contribution in [1.29, 1.82) is 5.41 Å². The number of ether oxygens (including phenoxy) is 5. The number of anilines is 1. The number of imidazole rings is 1. The first-order chi connectivity index (χ1) is 18.1. The first-order valence-corrected chi connectivity index (χ1v) is 12.2. The molecule has 2 N–H and O–H groups in total. The Hall–Kier alpha value is -4.34. The molecule has 4 heterocycles. The van der Waals surface area contributed by atoms with Crippen LogP contribution in [-0.4, -0.2) is 56.1 Å². The van der Waals surface area contributed by atoms with Gasteiger partial charge in [-0.2, -0.15) is 0 Å². The predicted molar refractivity (Wildman–Crippen MR) is 137 cm³/mol. The summed E-state index contributed by atoms with van der Waals surface area (Å²) in [7, 11) is 3.10. The zero-order chi connectivity index (χ0) is 25.4. The quantitative estimate of drug-likeness (QED) is 0.260. The minimum Gasteiger partial charge on any atom is -0.496 e. The van der Waals surface area contributed by atoms with Gasteiger partial charge in [-0.1, -0.05) is 0 Å². The maximum atomic E-state index is 7.72. The summed E-state index contributed by atoms with van der Waals surface area (Å²) in [5, 5.41) is 8.57. The molecular formula is C27H28N4O6. The van der Waals surface area contributed by atoms with Crippen LogP contribution in [0.15, 0.2) is 47.0 Å². The Bertz CT molecular complexity index is 1440. The van der Waals surface area contributed by atoms with Crippen molar-refractivity contribution >= 4 is 22.6 Å². The molecule has 2 aliphatic rings. The Labute approximate surface area is 213 Å². The van der Waals surface area contributed by atoms with Gasteiger partial charge in [0.25, 0.3) is 0 Å². The lowest BCUT2D eigenvalue weighted by molar-refractivity contribution is 0.174. The Morgan fingerprint density at radius 2 is 2.05 bits per heavy atom. The number of benzene rings is 2. The average molecular weight is 505 g/mol. The summed E-state index contributed by atoms with van der Waals surface area (Å²) in [6, 6.07) is 12.0. The summed E-state index contributed by atoms with van der Waals surface area (Å²) in [6.45, 7) is 1.74. The van der Waals surface area contributed by atoms with E-state index in [2.05, 4.69) is 20.9 Å². The summed E-state index contributed by atoms with van der Waals surface area (Å²) in [5.41, 5.74) is 2.47. The second-order valence-electron chi connectivity index (χ2n) is 9.03. The lowest BCUT2D eigenvalue weighted by atomic mass is 10.2. The van der Waals surface area contributed by atoms with E-state index in [1.165, 1.54) is 7.11 Å². The highest BCUT2D eigenvalue weighted by Crippen LogP contribution is 2.39. The molecule has 2 aromatic carbocycles. The second-order valence-corrected chi connectivity index (χ2v) is 9.03. The maximum Gasteiger partial charge on any atom is 0.231 e. The van der Waals surface area contributed by atoms with E-state index < -0.39 is 0 Å². The first-order valence-electron chi connectivity index (χ1n) is 12.2. The van der Waals surface area contributed by atoms with Crippen LogP contribution in [0.2, 0.25) is 0 Å². The largest absolute Gasteiger partial charge is 0.496 e. The fourth-order valence-electron chi connectivity index (χ4n) is 4.85. The first kappa shape index (κ1) is 23.1. The van der Waals surface area contributed by atoms with Gasteiger partial charge in [0, 0.05) is 30.4 Å². The van der Waals surface area contributed by atoms with Gasteiger partial charge in [0.05, 0.1) is 38.3 Å². The number of rotatable bonds is 8. The zero-order valence-electron chi connectivity index (χ0n) is 20.7. The van der Waals surface area contributed by atoms with E-state index in [-0.39, 0.29) is 25.2 Å². The van der Waals surface area contributed by atoms with Gasteiger partial charge in [-0.3, -0.25) is 5.41 Å². The molecule has 0 aliphatic carbocycles. The summed E-state index contributed by atoms with van der Waals surface area (Å²) in [4.78, 5) is 9.90. The third-order valence-corrected chi connectivity index (χ3v) is 6.77. The number of furan rings is 1. The Morgan fingerprint density at radius 3 is 2.92 bits per heavy atom. The standard InChI is InChI=1S/C27H28N4O6/c1-32-18-9-22(19-11-24(37-23(19)10-18)20-13-29-27(30-20)12-26(28)33-2)34-14-17-4-3-7-31(17)16-5-6-21-25(8-16)36-15-35-21/h5-6,8-11,13,17,28H,3-4,7,12,14-15H2,1-2H3,(H,29,30)/t17-/m1/s1. The number of aromatic nitrogens is 2. The van der Waals surface area contributed by atoms with Crippen LogP contribution < -0.4 is 23.8 Å². The summed E-state index contributed by atoms with van der Waals surface area (Å²) in [6.07, 6.45) is 4.09. The highest BCUT2D eigenvalue weighted by molar-refractivity contribution is 5.89. The number of hydrogen-bond donors (Lipinski definition) is 2. The number of nitrogens with zero attached hydrogens (tertiary/aromatic N) is 2. The van der Waals surface area contributed by atoms with E-state index in [4.69, 9.17) is 33.5 Å². The molecule has 4 aromatic rings. The van der Waals surface area contributed by atoms with Crippen LogP contribution in [0.5, 0.6) is 23.0 Å². The van der Waals surface area contributed by atoms with Crippen LogP contribution in [0, 0.1) is 5.41 Å². The van der Waals surface area contributed by atoms with E-state index >= 15 is 0 Å². The van der Waals surface area contributed by atoms with Crippen LogP contribution >= 0.6 is 0 Å². The number of hydrogen-bond acceptors (Lipinski definition) is 9. The van der Waals surface area contributed by atoms with Crippen molar-refractivity contribution in [3.63, 3.8) is 0 Å². The van der Waals surface area contributed by atoms with Crippen molar-refractivity contribution in [3.8, 4) is 34.5 Å². The summed E-state index contributed by atoms with van der Waals surface area (Å²) >= 11 is 0. The molecular weight excluding hydrogens is 476 g/mol. The molecule has 0 spiro atoms. The zero-order valence-corrected chi connectivity index (χ0v) is 20.7. The number of fused-ring (bicyclic) bond motifs is 2. The number of H-pyrrole nitrogens is 1. The lowest BCUT2D eigenvalue weighted by Gasteiger charge is -2.27. The molecule has 192 valence electrons. The van der Waals surface area contributed by atoms with Gasteiger partial charge in [0.15, 0.2) is 23.2 Å². The van der Waals surface area contributed by atoms with Gasteiger partial charge < -0.3 is 38.0 Å². The topological polar surface area (TPSA) is 115 Å². The van der Waals surface area contributed by atoms with Gasteiger partial charge in [-0.15, -0.1) is 0 Å².